The number of aryl methyl sites for hydroxylation is 1. The van der Waals surface area contributed by atoms with Crippen LogP contribution in [0.4, 0.5) is 4.79 Å². The fourth-order valence-electron chi connectivity index (χ4n) is 6.74. The van der Waals surface area contributed by atoms with Gasteiger partial charge >= 0.3 is 6.03 Å². The number of amides is 2. The van der Waals surface area contributed by atoms with E-state index in [9.17, 15) is 4.79 Å². The third-order valence-electron chi connectivity index (χ3n) is 9.07. The number of fused-ring (bicyclic) bond motifs is 1. The summed E-state index contributed by atoms with van der Waals surface area (Å²) in [7, 11) is 0. The van der Waals surface area contributed by atoms with Crippen molar-refractivity contribution in [3.63, 3.8) is 0 Å². The van der Waals surface area contributed by atoms with Crippen LogP contribution in [0.3, 0.4) is 0 Å². The average molecular weight is 571 g/mol. The molecule has 3 fully saturated rings. The molecule has 3 aromatic rings. The normalized spacial score (nSPS) is 21.7. The van der Waals surface area contributed by atoms with Gasteiger partial charge in [0.25, 0.3) is 0 Å². The van der Waals surface area contributed by atoms with E-state index in [1.165, 1.54) is 11.1 Å². The maximum Gasteiger partial charge on any atom is 0.321 e. The van der Waals surface area contributed by atoms with Gasteiger partial charge in [0.05, 0.1) is 6.04 Å². The number of rotatable bonds is 7. The molecule has 0 aliphatic carbocycles. The topological polar surface area (TPSA) is 76.6 Å². The number of benzene rings is 2. The Hall–Kier alpha value is -3.82. The number of likely N-dealkylation sites (tertiary alicyclic amines) is 1. The molecule has 4 aliphatic heterocycles. The number of urea groups is 1. The number of hydrogen-bond donors (Lipinski definition) is 0. The molecule has 7 rings (SSSR count). The van der Waals surface area contributed by atoms with Crippen LogP contribution in [0.25, 0.3) is 0 Å². The largest absolute Gasteiger partial charge is 0.454 e. The number of carbonyl (C=O) groups is 1. The van der Waals surface area contributed by atoms with Crippen molar-refractivity contribution < 1.29 is 23.7 Å². The van der Waals surface area contributed by atoms with Gasteiger partial charge in [-0.15, -0.1) is 0 Å². The van der Waals surface area contributed by atoms with Crippen LogP contribution in [0, 0.1) is 6.92 Å². The summed E-state index contributed by atoms with van der Waals surface area (Å²) >= 11 is 0. The Morgan fingerprint density at radius 3 is 2.48 bits per heavy atom. The van der Waals surface area contributed by atoms with Crippen molar-refractivity contribution in [2.45, 2.75) is 57.3 Å². The molecule has 0 spiro atoms. The van der Waals surface area contributed by atoms with Gasteiger partial charge in [-0.2, -0.15) is 0 Å². The number of ether oxygens (including phenoxy) is 4. The van der Waals surface area contributed by atoms with E-state index in [2.05, 4.69) is 45.0 Å². The molecule has 5 heterocycles. The number of piperidine rings is 1. The highest BCUT2D eigenvalue weighted by atomic mass is 16.7. The summed E-state index contributed by atoms with van der Waals surface area (Å²) in [5.41, 5.74) is 3.38. The molecule has 220 valence electrons. The molecule has 1 atom stereocenters. The Bertz CT molecular complexity index is 1400. The van der Waals surface area contributed by atoms with Crippen molar-refractivity contribution in [1.82, 2.24) is 19.7 Å². The molecule has 4 aliphatic rings. The zero-order chi connectivity index (χ0) is 28.5. The first kappa shape index (κ1) is 27.0. The standard InChI is InChI=1S/C33H38N4O5/c1-23-25(7-10-32(34-23)42-28-8-9-30-31(19-28)41-22-40-30)20-35-15-11-27(12-16-35)37-29(24-5-3-2-4-6-24)21-36(33(37)38)26-13-17-39-18-14-26/h2-10,19,26-27,29H,11-18,20-22H2,1H3. The Kier molecular flexibility index (Phi) is 7.61. The summed E-state index contributed by atoms with van der Waals surface area (Å²) in [5.74, 6) is 2.64. The molecule has 9 heteroatoms. The number of pyridine rings is 1. The van der Waals surface area contributed by atoms with Crippen LogP contribution in [0.2, 0.25) is 0 Å². The van der Waals surface area contributed by atoms with Gasteiger partial charge in [-0.1, -0.05) is 36.4 Å². The maximum atomic E-state index is 13.9. The molecule has 9 nitrogen and oxygen atoms in total. The zero-order valence-electron chi connectivity index (χ0n) is 24.1. The zero-order valence-corrected chi connectivity index (χ0v) is 24.1. The van der Waals surface area contributed by atoms with Crippen molar-refractivity contribution in [1.29, 1.82) is 0 Å². The minimum absolute atomic E-state index is 0.0989. The highest BCUT2D eigenvalue weighted by molar-refractivity contribution is 5.78. The summed E-state index contributed by atoms with van der Waals surface area (Å²) in [6.45, 7) is 7.24. The van der Waals surface area contributed by atoms with E-state index in [0.717, 1.165) is 76.5 Å². The van der Waals surface area contributed by atoms with Gasteiger partial charge in [0.2, 0.25) is 12.7 Å². The second kappa shape index (κ2) is 11.8. The van der Waals surface area contributed by atoms with Crippen molar-refractivity contribution >= 4 is 6.03 Å². The lowest BCUT2D eigenvalue weighted by molar-refractivity contribution is 0.0493. The monoisotopic (exact) mass is 570 g/mol. The van der Waals surface area contributed by atoms with Crippen LogP contribution in [0.15, 0.2) is 60.7 Å². The average Bonchev–Trinajstić information content (AvgIpc) is 3.64. The van der Waals surface area contributed by atoms with Gasteiger partial charge in [-0.3, -0.25) is 4.90 Å². The minimum Gasteiger partial charge on any atom is -0.454 e. The third kappa shape index (κ3) is 5.51. The van der Waals surface area contributed by atoms with Gasteiger partial charge in [-0.05, 0) is 55.9 Å². The van der Waals surface area contributed by atoms with Crippen LogP contribution in [-0.4, -0.2) is 77.4 Å². The first-order valence-corrected chi connectivity index (χ1v) is 15.1. The number of nitrogens with zero attached hydrogens (tertiary/aromatic N) is 4. The molecule has 3 saturated heterocycles. The second-order valence-electron chi connectivity index (χ2n) is 11.6. The van der Waals surface area contributed by atoms with E-state index in [1.54, 1.807) is 0 Å². The fraction of sp³-hybridized carbons (Fsp3) is 0.455. The Morgan fingerprint density at radius 2 is 1.69 bits per heavy atom. The Balaban J connectivity index is 0.990. The van der Waals surface area contributed by atoms with Crippen molar-refractivity contribution in [3.8, 4) is 23.1 Å². The molecule has 2 aromatic carbocycles. The van der Waals surface area contributed by atoms with Crippen molar-refractivity contribution in [2.75, 3.05) is 39.6 Å². The van der Waals surface area contributed by atoms with E-state index in [1.807, 2.05) is 37.3 Å². The van der Waals surface area contributed by atoms with E-state index < -0.39 is 0 Å². The maximum absolute atomic E-state index is 13.9. The molecular weight excluding hydrogens is 532 g/mol. The number of carbonyl (C=O) groups excluding carboxylic acids is 1. The molecule has 0 radical (unpaired) electrons. The summed E-state index contributed by atoms with van der Waals surface area (Å²) in [6, 6.07) is 20.9. The van der Waals surface area contributed by atoms with Crippen LogP contribution < -0.4 is 14.2 Å². The van der Waals surface area contributed by atoms with Crippen LogP contribution >= 0.6 is 0 Å². The molecule has 1 unspecified atom stereocenters. The summed E-state index contributed by atoms with van der Waals surface area (Å²) in [4.78, 5) is 25.4. The molecule has 0 bridgehead atoms. The SMILES string of the molecule is Cc1nc(Oc2ccc3c(c2)OCO3)ccc1CN1CCC(N2C(=O)N(C3CCOCC3)CC2c2ccccc2)CC1. The summed E-state index contributed by atoms with van der Waals surface area (Å²) < 4.78 is 22.4. The first-order chi connectivity index (χ1) is 20.6. The Labute approximate surface area is 246 Å². The quantitative estimate of drug-likeness (QED) is 0.370. The lowest BCUT2D eigenvalue weighted by atomic mass is 9.98. The molecule has 1 aromatic heterocycles. The minimum atomic E-state index is 0.0989. The van der Waals surface area contributed by atoms with Crippen LogP contribution in [-0.2, 0) is 11.3 Å². The predicted octanol–water partition coefficient (Wildman–Crippen LogP) is 5.53. The van der Waals surface area contributed by atoms with E-state index in [0.29, 0.717) is 17.4 Å². The summed E-state index contributed by atoms with van der Waals surface area (Å²) in [6.07, 6.45) is 3.78. The van der Waals surface area contributed by atoms with Crippen molar-refractivity contribution in [2.24, 2.45) is 0 Å². The van der Waals surface area contributed by atoms with E-state index >= 15 is 0 Å². The highest BCUT2D eigenvalue weighted by Gasteiger charge is 2.45. The first-order valence-electron chi connectivity index (χ1n) is 15.1. The smallest absolute Gasteiger partial charge is 0.321 e. The van der Waals surface area contributed by atoms with Gasteiger partial charge < -0.3 is 28.7 Å². The number of hydrogen-bond acceptors (Lipinski definition) is 7. The lowest BCUT2D eigenvalue weighted by Gasteiger charge is -2.39. The molecule has 2 amide bonds. The number of aromatic nitrogens is 1. The second-order valence-corrected chi connectivity index (χ2v) is 11.6. The van der Waals surface area contributed by atoms with Gasteiger partial charge in [-0.25, -0.2) is 9.78 Å². The van der Waals surface area contributed by atoms with Crippen molar-refractivity contribution in [3.05, 3.63) is 77.5 Å². The van der Waals surface area contributed by atoms with Gasteiger partial charge in [0, 0.05) is 69.3 Å². The van der Waals surface area contributed by atoms with Crippen LogP contribution in [0.5, 0.6) is 23.1 Å². The molecule has 0 saturated carbocycles. The third-order valence-corrected chi connectivity index (χ3v) is 9.07. The van der Waals surface area contributed by atoms with Crippen LogP contribution in [0.1, 0.15) is 48.5 Å². The molecule has 0 N–H and O–H groups in total. The fourth-order valence-corrected chi connectivity index (χ4v) is 6.74. The highest BCUT2D eigenvalue weighted by Crippen LogP contribution is 2.38. The van der Waals surface area contributed by atoms with Gasteiger partial charge in [0.1, 0.15) is 5.75 Å². The van der Waals surface area contributed by atoms with E-state index in [4.69, 9.17) is 23.9 Å². The predicted molar refractivity (Wildman–Crippen MR) is 157 cm³/mol. The summed E-state index contributed by atoms with van der Waals surface area (Å²) in [5, 5.41) is 0. The molecular formula is C33H38N4O5. The van der Waals surface area contributed by atoms with Gasteiger partial charge in [0.15, 0.2) is 11.5 Å². The molecule has 42 heavy (non-hydrogen) atoms. The Morgan fingerprint density at radius 1 is 0.905 bits per heavy atom. The van der Waals surface area contributed by atoms with E-state index in [-0.39, 0.29) is 30.9 Å². The lowest BCUT2D eigenvalue weighted by Crippen LogP contribution is -2.48.